The van der Waals surface area contributed by atoms with Crippen LogP contribution in [0.1, 0.15) is 370 Å². The number of carbonyl (C=O) groups is 4. The molecule has 3 N–H and O–H groups in total. The van der Waals surface area contributed by atoms with E-state index in [0.29, 0.717) is 31.6 Å². The third-order valence-electron chi connectivity index (χ3n) is 17.6. The van der Waals surface area contributed by atoms with Crippen LogP contribution in [0.5, 0.6) is 0 Å². The monoisotopic (exact) mass is 1410 g/mol. The van der Waals surface area contributed by atoms with Crippen LogP contribution in [0.3, 0.4) is 0 Å². The van der Waals surface area contributed by atoms with Crippen LogP contribution in [-0.2, 0) is 65.4 Å². The van der Waals surface area contributed by atoms with E-state index in [9.17, 15) is 43.2 Å². The first kappa shape index (κ1) is 93.5. The molecule has 0 bridgehead atoms. The van der Waals surface area contributed by atoms with Crippen molar-refractivity contribution in [2.45, 2.75) is 388 Å². The lowest BCUT2D eigenvalue weighted by molar-refractivity contribution is -0.161. The van der Waals surface area contributed by atoms with E-state index in [2.05, 4.69) is 72.8 Å². The molecule has 0 fully saturated rings. The zero-order valence-corrected chi connectivity index (χ0v) is 64.1. The van der Waals surface area contributed by atoms with Crippen LogP contribution in [0.2, 0.25) is 0 Å². The van der Waals surface area contributed by atoms with E-state index >= 15 is 0 Å². The van der Waals surface area contributed by atoms with E-state index in [0.717, 1.165) is 121 Å². The highest BCUT2D eigenvalue weighted by atomic mass is 31.2. The van der Waals surface area contributed by atoms with Gasteiger partial charge in [-0.2, -0.15) is 0 Å². The highest BCUT2D eigenvalue weighted by molar-refractivity contribution is 7.47. The van der Waals surface area contributed by atoms with Crippen molar-refractivity contribution >= 4 is 39.5 Å². The third kappa shape index (κ3) is 68.7. The number of aliphatic hydroxyl groups excluding tert-OH is 1. The summed E-state index contributed by atoms with van der Waals surface area (Å²) in [5.74, 6) is 0.155. The molecule has 0 aliphatic rings. The first-order valence-electron chi connectivity index (χ1n) is 39.2. The lowest BCUT2D eigenvalue weighted by Gasteiger charge is -2.21. The zero-order valence-electron chi connectivity index (χ0n) is 62.3. The molecule has 0 saturated heterocycles. The van der Waals surface area contributed by atoms with Gasteiger partial charge < -0.3 is 33.8 Å². The second-order valence-corrected chi connectivity index (χ2v) is 31.2. The molecule has 0 aliphatic heterocycles. The van der Waals surface area contributed by atoms with Crippen molar-refractivity contribution in [2.24, 2.45) is 17.8 Å². The van der Waals surface area contributed by atoms with Gasteiger partial charge in [0.25, 0.3) is 0 Å². The summed E-state index contributed by atoms with van der Waals surface area (Å²) in [5.41, 5.74) is 0. The minimum Gasteiger partial charge on any atom is -0.462 e. The Hall–Kier alpha value is -2.46. The summed E-state index contributed by atoms with van der Waals surface area (Å²) in [5, 5.41) is 10.6. The van der Waals surface area contributed by atoms with Gasteiger partial charge in [-0.3, -0.25) is 37.3 Å². The molecule has 0 amide bonds. The van der Waals surface area contributed by atoms with Crippen molar-refractivity contribution in [2.75, 3.05) is 39.6 Å². The van der Waals surface area contributed by atoms with E-state index in [-0.39, 0.29) is 25.7 Å². The van der Waals surface area contributed by atoms with Gasteiger partial charge in [0.1, 0.15) is 19.3 Å². The number of allylic oxidation sites excluding steroid dienone is 4. The highest BCUT2D eigenvalue weighted by Crippen LogP contribution is 2.45. The summed E-state index contributed by atoms with van der Waals surface area (Å²) >= 11 is 0. The van der Waals surface area contributed by atoms with Crippen molar-refractivity contribution in [1.29, 1.82) is 0 Å². The SMILES string of the molecule is CCCCCC/C=C\C=C/CCCCCCCC(=O)O[C@H](COC(=O)CCCCCCCCCC(C)C)COP(=O)(O)OCC(O)COP(=O)(O)OC[C@@H](COC(=O)CCCCCCCCCCCCC(C)C)OC(=O)CCCCCCCCCCCCCCCCC(C)CC. The van der Waals surface area contributed by atoms with E-state index < -0.39 is 97.5 Å². The van der Waals surface area contributed by atoms with Crippen LogP contribution in [0, 0.1) is 17.8 Å². The number of unbranched alkanes of at least 4 members (excludes halogenated alkanes) is 37. The van der Waals surface area contributed by atoms with Gasteiger partial charge in [0.2, 0.25) is 0 Å². The van der Waals surface area contributed by atoms with Crippen molar-refractivity contribution < 1.29 is 80.2 Å². The lowest BCUT2D eigenvalue weighted by atomic mass is 9.99. The molecule has 0 aliphatic carbocycles. The Labute approximate surface area is 586 Å². The summed E-state index contributed by atoms with van der Waals surface area (Å²) in [6.07, 6.45) is 56.3. The molecule has 0 saturated carbocycles. The molecule has 0 aromatic carbocycles. The number of phosphoric acid groups is 2. The minimum atomic E-state index is -4.96. The quantitative estimate of drug-likeness (QED) is 0.0169. The van der Waals surface area contributed by atoms with Gasteiger partial charge >= 0.3 is 39.5 Å². The average molecular weight is 1410 g/mol. The predicted molar refractivity (Wildman–Crippen MR) is 390 cm³/mol. The fraction of sp³-hybridized carbons (Fsp3) is 0.896. The van der Waals surface area contributed by atoms with E-state index in [4.69, 9.17) is 37.0 Å². The van der Waals surface area contributed by atoms with Gasteiger partial charge in [-0.05, 0) is 69.1 Å². The first-order chi connectivity index (χ1) is 46.3. The number of phosphoric ester groups is 2. The molecular weight excluding hydrogens is 1260 g/mol. The smallest absolute Gasteiger partial charge is 0.462 e. The minimum absolute atomic E-state index is 0.0840. The predicted octanol–water partition coefficient (Wildman–Crippen LogP) is 22.1. The molecule has 0 radical (unpaired) electrons. The number of carbonyl (C=O) groups excluding carboxylic acids is 4. The molecule has 0 aromatic rings. The maximum atomic E-state index is 13.1. The summed E-state index contributed by atoms with van der Waals surface area (Å²) < 4.78 is 68.5. The van der Waals surface area contributed by atoms with Crippen molar-refractivity contribution in [3.05, 3.63) is 24.3 Å². The van der Waals surface area contributed by atoms with Gasteiger partial charge in [-0.1, -0.05) is 317 Å². The Kier molecular flexibility index (Phi) is 65.3. The second-order valence-electron chi connectivity index (χ2n) is 28.3. The number of aliphatic hydroxyl groups is 1. The summed E-state index contributed by atoms with van der Waals surface area (Å²) in [6, 6.07) is 0. The van der Waals surface area contributed by atoms with Gasteiger partial charge in [0, 0.05) is 25.7 Å². The van der Waals surface area contributed by atoms with Gasteiger partial charge in [-0.15, -0.1) is 0 Å². The number of rotatable bonds is 73. The average Bonchev–Trinajstić information content (AvgIpc) is 1.42. The normalized spacial score (nSPS) is 14.5. The van der Waals surface area contributed by atoms with Crippen LogP contribution < -0.4 is 0 Å². The van der Waals surface area contributed by atoms with Crippen molar-refractivity contribution in [3.8, 4) is 0 Å². The highest BCUT2D eigenvalue weighted by Gasteiger charge is 2.30. The Morgan fingerprint density at radius 1 is 0.344 bits per heavy atom. The lowest BCUT2D eigenvalue weighted by Crippen LogP contribution is -2.30. The molecule has 4 unspecified atom stereocenters. The molecule has 6 atom stereocenters. The Balaban J connectivity index is 5.28. The second kappa shape index (κ2) is 67.1. The summed E-state index contributed by atoms with van der Waals surface area (Å²) in [6.45, 7) is 11.8. The van der Waals surface area contributed by atoms with Crippen molar-refractivity contribution in [3.63, 3.8) is 0 Å². The fourth-order valence-corrected chi connectivity index (χ4v) is 12.8. The Morgan fingerprint density at radius 3 is 0.927 bits per heavy atom. The van der Waals surface area contributed by atoms with Crippen LogP contribution in [0.15, 0.2) is 24.3 Å². The largest absolute Gasteiger partial charge is 0.472 e. The van der Waals surface area contributed by atoms with E-state index in [1.807, 2.05) is 0 Å². The first-order valence-corrected chi connectivity index (χ1v) is 42.2. The van der Waals surface area contributed by atoms with Crippen LogP contribution >= 0.6 is 15.6 Å². The van der Waals surface area contributed by atoms with Crippen LogP contribution in [0.4, 0.5) is 0 Å². The molecule has 19 heteroatoms. The van der Waals surface area contributed by atoms with Crippen molar-refractivity contribution in [1.82, 2.24) is 0 Å². The molecule has 96 heavy (non-hydrogen) atoms. The summed E-state index contributed by atoms with van der Waals surface area (Å²) in [4.78, 5) is 72.8. The Bertz CT molecular complexity index is 1970. The zero-order chi connectivity index (χ0) is 70.9. The van der Waals surface area contributed by atoms with E-state index in [1.54, 1.807) is 0 Å². The topological polar surface area (TPSA) is 237 Å². The van der Waals surface area contributed by atoms with Gasteiger partial charge in [-0.25, -0.2) is 9.13 Å². The Morgan fingerprint density at radius 2 is 0.615 bits per heavy atom. The number of hydrogen-bond donors (Lipinski definition) is 3. The van der Waals surface area contributed by atoms with Gasteiger partial charge in [0.15, 0.2) is 12.2 Å². The molecule has 0 heterocycles. The molecular formula is C77H146O17P2. The molecule has 17 nitrogen and oxygen atoms in total. The van der Waals surface area contributed by atoms with E-state index in [1.165, 1.54) is 161 Å². The van der Waals surface area contributed by atoms with Crippen LogP contribution in [-0.4, -0.2) is 96.7 Å². The third-order valence-corrected chi connectivity index (χ3v) is 19.5. The maximum Gasteiger partial charge on any atom is 0.472 e. The van der Waals surface area contributed by atoms with Crippen LogP contribution in [0.25, 0.3) is 0 Å². The summed E-state index contributed by atoms with van der Waals surface area (Å²) in [7, 11) is -9.93. The maximum absolute atomic E-state index is 13.1. The number of ether oxygens (including phenoxy) is 4. The standard InChI is InChI=1S/C77H146O17P2/c1-8-10-11-12-13-14-15-16-17-21-24-31-38-46-53-60-77(82)94-73(65-88-75(80)59-52-45-40-33-35-42-49-56-69(5)6)67-92-96(85,86)90-63-71(78)62-89-95(83,84)91-66-72(64-87-74(79)58-51-44-37-30-27-26-28-34-41-48-55-68(3)4)93-76(81)61-54-47-39-32-25-22-19-18-20-23-29-36-43-50-57-70(7)9-2/h14-17,68-73,78H,8-13,18-67H2,1-7H3,(H,83,84)(H,85,86)/b15-14-,17-16-/t70?,71?,72-,73-/m1/s1. The molecule has 0 aromatic heterocycles. The molecule has 0 rings (SSSR count). The molecule has 0 spiro atoms. The number of esters is 4. The van der Waals surface area contributed by atoms with Gasteiger partial charge in [0.05, 0.1) is 26.4 Å². The number of hydrogen-bond acceptors (Lipinski definition) is 15. The fourth-order valence-electron chi connectivity index (χ4n) is 11.2. The molecule has 566 valence electrons.